The molecule has 2 amide bonds. The van der Waals surface area contributed by atoms with Gasteiger partial charge in [0.1, 0.15) is 5.82 Å². The zero-order chi connectivity index (χ0) is 15.5. The molecule has 6 heteroatoms. The lowest BCUT2D eigenvalue weighted by atomic mass is 10.1. The van der Waals surface area contributed by atoms with Crippen molar-refractivity contribution in [3.63, 3.8) is 0 Å². The molecule has 3 rings (SSSR count). The molecule has 2 aliphatic rings. The van der Waals surface area contributed by atoms with Gasteiger partial charge in [-0.25, -0.2) is 4.98 Å². The average molecular weight is 302 g/mol. The fourth-order valence-corrected chi connectivity index (χ4v) is 3.37. The lowest BCUT2D eigenvalue weighted by Crippen LogP contribution is -2.33. The lowest BCUT2D eigenvalue weighted by molar-refractivity contribution is -0.134. The fraction of sp³-hybridized carbons (Fsp3) is 0.562. The van der Waals surface area contributed by atoms with Crippen molar-refractivity contribution in [1.29, 1.82) is 0 Å². The largest absolute Gasteiger partial charge is 0.367 e. The predicted octanol–water partition coefficient (Wildman–Crippen LogP) is 1.38. The van der Waals surface area contributed by atoms with Gasteiger partial charge in [0.15, 0.2) is 0 Å². The van der Waals surface area contributed by atoms with E-state index in [1.807, 2.05) is 4.90 Å². The third-order valence-corrected chi connectivity index (χ3v) is 4.60. The standard InChI is InChI=1S/C16H22N4O2/c17-15(21)12-4-6-14(18-10-12)19-13-5-3-11(9-13)16(22)20-7-1-2-8-20/h4,6,10-11,13H,1-3,5,7-9H2,(H2,17,21)(H,18,19)/t11-,13+/m1/s1. The van der Waals surface area contributed by atoms with Crippen molar-refractivity contribution in [3.05, 3.63) is 23.9 Å². The summed E-state index contributed by atoms with van der Waals surface area (Å²) >= 11 is 0. The van der Waals surface area contributed by atoms with E-state index in [1.54, 1.807) is 12.1 Å². The van der Waals surface area contributed by atoms with Crippen LogP contribution in [0, 0.1) is 5.92 Å². The van der Waals surface area contributed by atoms with Crippen LogP contribution < -0.4 is 11.1 Å². The van der Waals surface area contributed by atoms with E-state index in [1.165, 1.54) is 6.20 Å². The van der Waals surface area contributed by atoms with Crippen LogP contribution in [0.1, 0.15) is 42.5 Å². The highest BCUT2D eigenvalue weighted by atomic mass is 16.2. The van der Waals surface area contributed by atoms with Gasteiger partial charge in [-0.05, 0) is 44.2 Å². The Hall–Kier alpha value is -2.11. The molecule has 0 bridgehead atoms. The van der Waals surface area contributed by atoms with Crippen molar-refractivity contribution in [3.8, 4) is 0 Å². The van der Waals surface area contributed by atoms with Crippen LogP contribution in [0.3, 0.4) is 0 Å². The van der Waals surface area contributed by atoms with E-state index in [2.05, 4.69) is 10.3 Å². The number of pyridine rings is 1. The van der Waals surface area contributed by atoms with Gasteiger partial charge in [0.25, 0.3) is 0 Å². The fourth-order valence-electron chi connectivity index (χ4n) is 3.37. The van der Waals surface area contributed by atoms with Gasteiger partial charge in [-0.15, -0.1) is 0 Å². The van der Waals surface area contributed by atoms with Crippen molar-refractivity contribution in [2.45, 2.75) is 38.1 Å². The number of nitrogens with two attached hydrogens (primary N) is 1. The first-order chi connectivity index (χ1) is 10.6. The molecule has 1 aromatic heterocycles. The summed E-state index contributed by atoms with van der Waals surface area (Å²) in [6.07, 6.45) is 6.52. The summed E-state index contributed by atoms with van der Waals surface area (Å²) in [4.78, 5) is 29.6. The van der Waals surface area contributed by atoms with Crippen LogP contribution in [-0.2, 0) is 4.79 Å². The first kappa shape index (κ1) is 14.8. The molecular weight excluding hydrogens is 280 g/mol. The number of aromatic nitrogens is 1. The Bertz CT molecular complexity index is 552. The van der Waals surface area contributed by atoms with Gasteiger partial charge in [0.05, 0.1) is 5.56 Å². The molecule has 2 fully saturated rings. The van der Waals surface area contributed by atoms with Crippen molar-refractivity contribution >= 4 is 17.6 Å². The highest BCUT2D eigenvalue weighted by molar-refractivity contribution is 5.92. The van der Waals surface area contributed by atoms with Crippen molar-refractivity contribution in [2.75, 3.05) is 18.4 Å². The summed E-state index contributed by atoms with van der Waals surface area (Å²) in [6.45, 7) is 1.84. The predicted molar refractivity (Wildman–Crippen MR) is 83.3 cm³/mol. The van der Waals surface area contributed by atoms with E-state index in [-0.39, 0.29) is 12.0 Å². The van der Waals surface area contributed by atoms with Crippen LogP contribution in [-0.4, -0.2) is 40.8 Å². The van der Waals surface area contributed by atoms with Gasteiger partial charge in [-0.2, -0.15) is 0 Å². The molecule has 6 nitrogen and oxygen atoms in total. The molecule has 1 saturated carbocycles. The number of nitrogens with zero attached hydrogens (tertiary/aromatic N) is 2. The minimum atomic E-state index is -0.476. The quantitative estimate of drug-likeness (QED) is 0.879. The van der Waals surface area contributed by atoms with E-state index in [9.17, 15) is 9.59 Å². The molecule has 2 atom stereocenters. The zero-order valence-electron chi connectivity index (χ0n) is 12.6. The van der Waals surface area contributed by atoms with Gasteiger partial charge >= 0.3 is 0 Å². The molecular formula is C16H22N4O2. The van der Waals surface area contributed by atoms with E-state index in [0.717, 1.165) is 51.0 Å². The maximum Gasteiger partial charge on any atom is 0.250 e. The Morgan fingerprint density at radius 1 is 1.23 bits per heavy atom. The van der Waals surface area contributed by atoms with E-state index in [0.29, 0.717) is 11.5 Å². The Balaban J connectivity index is 1.54. The number of likely N-dealkylation sites (tertiary alicyclic amines) is 1. The molecule has 0 spiro atoms. The summed E-state index contributed by atoms with van der Waals surface area (Å²) in [6, 6.07) is 3.69. The number of primary amides is 1. The van der Waals surface area contributed by atoms with E-state index in [4.69, 9.17) is 5.73 Å². The molecule has 22 heavy (non-hydrogen) atoms. The molecule has 0 unspecified atom stereocenters. The number of anilines is 1. The van der Waals surface area contributed by atoms with Gasteiger partial charge in [0.2, 0.25) is 11.8 Å². The Kier molecular flexibility index (Phi) is 4.27. The van der Waals surface area contributed by atoms with Crippen LogP contribution in [0.2, 0.25) is 0 Å². The topological polar surface area (TPSA) is 88.3 Å². The van der Waals surface area contributed by atoms with Gasteiger partial charge in [-0.1, -0.05) is 0 Å². The number of hydrogen-bond donors (Lipinski definition) is 2. The van der Waals surface area contributed by atoms with E-state index >= 15 is 0 Å². The monoisotopic (exact) mass is 302 g/mol. The molecule has 1 aromatic rings. The van der Waals surface area contributed by atoms with Crippen molar-refractivity contribution in [1.82, 2.24) is 9.88 Å². The molecule has 1 aliphatic carbocycles. The SMILES string of the molecule is NC(=O)c1ccc(N[C@H]2CC[C@@H](C(=O)N3CCCC3)C2)nc1. The highest BCUT2D eigenvalue weighted by Crippen LogP contribution is 2.30. The Morgan fingerprint density at radius 2 is 2.00 bits per heavy atom. The molecule has 3 N–H and O–H groups in total. The third-order valence-electron chi connectivity index (χ3n) is 4.60. The summed E-state index contributed by atoms with van der Waals surface area (Å²) in [5, 5.41) is 3.35. The van der Waals surface area contributed by atoms with Crippen LogP contribution in [0.15, 0.2) is 18.3 Å². The molecule has 1 aliphatic heterocycles. The van der Waals surface area contributed by atoms with Gasteiger partial charge in [0, 0.05) is 31.2 Å². The summed E-state index contributed by atoms with van der Waals surface area (Å²) < 4.78 is 0. The zero-order valence-corrected chi connectivity index (χ0v) is 12.6. The molecule has 1 saturated heterocycles. The number of amides is 2. The maximum absolute atomic E-state index is 12.4. The van der Waals surface area contributed by atoms with Crippen molar-refractivity contribution in [2.24, 2.45) is 11.7 Å². The van der Waals surface area contributed by atoms with Gasteiger partial charge < -0.3 is 16.0 Å². The normalized spacial score (nSPS) is 24.5. The van der Waals surface area contributed by atoms with Crippen LogP contribution in [0.5, 0.6) is 0 Å². The minimum Gasteiger partial charge on any atom is -0.367 e. The molecule has 0 radical (unpaired) electrons. The van der Waals surface area contributed by atoms with Gasteiger partial charge in [-0.3, -0.25) is 9.59 Å². The van der Waals surface area contributed by atoms with Crippen molar-refractivity contribution < 1.29 is 9.59 Å². The second kappa shape index (κ2) is 6.34. The summed E-state index contributed by atoms with van der Waals surface area (Å²) in [5.41, 5.74) is 5.60. The number of rotatable bonds is 4. The Morgan fingerprint density at radius 3 is 2.64 bits per heavy atom. The molecule has 118 valence electrons. The van der Waals surface area contributed by atoms with E-state index < -0.39 is 5.91 Å². The number of hydrogen-bond acceptors (Lipinski definition) is 4. The Labute approximate surface area is 130 Å². The molecule has 0 aromatic carbocycles. The molecule has 2 heterocycles. The first-order valence-electron chi connectivity index (χ1n) is 7.94. The summed E-state index contributed by atoms with van der Waals surface area (Å²) in [5.74, 6) is 0.708. The minimum absolute atomic E-state index is 0.139. The highest BCUT2D eigenvalue weighted by Gasteiger charge is 2.33. The van der Waals surface area contributed by atoms with Crippen LogP contribution >= 0.6 is 0 Å². The van der Waals surface area contributed by atoms with Crippen LogP contribution in [0.25, 0.3) is 0 Å². The maximum atomic E-state index is 12.4. The second-order valence-corrected chi connectivity index (χ2v) is 6.18. The number of carbonyl (C=O) groups excluding carboxylic acids is 2. The third kappa shape index (κ3) is 3.21. The number of nitrogens with one attached hydrogen (secondary N) is 1. The van der Waals surface area contributed by atoms with Crippen LogP contribution in [0.4, 0.5) is 5.82 Å². The lowest BCUT2D eigenvalue weighted by Gasteiger charge is -2.20. The first-order valence-corrected chi connectivity index (χ1v) is 7.94. The summed E-state index contributed by atoms with van der Waals surface area (Å²) in [7, 11) is 0. The smallest absolute Gasteiger partial charge is 0.250 e. The second-order valence-electron chi connectivity index (χ2n) is 6.18. The average Bonchev–Trinajstić information content (AvgIpc) is 3.19. The number of carbonyl (C=O) groups is 2.